The van der Waals surface area contributed by atoms with E-state index < -0.39 is 13.7 Å². The number of unbranched alkanes of at least 4 members (excludes halogenated alkanes) is 2. The number of nitrogens with zero attached hydrogens (tertiary/aromatic N) is 6. The smallest absolute Gasteiger partial charge is 0.328 e. The Morgan fingerprint density at radius 2 is 1.03 bits per heavy atom. The molecule has 2 atom stereocenters. The van der Waals surface area contributed by atoms with Crippen molar-refractivity contribution in [1.82, 2.24) is 18.9 Å². The van der Waals surface area contributed by atoms with Gasteiger partial charge >= 0.3 is 13.7 Å². The quantitative estimate of drug-likeness (QED) is 0.0337. The molecule has 0 bridgehead atoms. The Morgan fingerprint density at radius 1 is 0.578 bits per heavy atom. The van der Waals surface area contributed by atoms with Crippen molar-refractivity contribution in [2.75, 3.05) is 13.2 Å². The number of aryl methyl sites for hydroxylation is 2. The third kappa shape index (κ3) is 12.2. The lowest BCUT2D eigenvalue weighted by Gasteiger charge is -2.24. The van der Waals surface area contributed by atoms with Gasteiger partial charge in [0.05, 0.1) is 30.5 Å². The van der Waals surface area contributed by atoms with Crippen LogP contribution in [-0.2, 0) is 0 Å². The molecule has 2 unspecified atom stereocenters. The van der Waals surface area contributed by atoms with Gasteiger partial charge in [0.15, 0.2) is 11.2 Å². The number of ether oxygens (including phenoxy) is 2. The summed E-state index contributed by atoms with van der Waals surface area (Å²) in [6.45, 7) is 24.4. The molecule has 12 rings (SSSR count). The van der Waals surface area contributed by atoms with Gasteiger partial charge in [-0.3, -0.25) is 0 Å². The summed E-state index contributed by atoms with van der Waals surface area (Å²) in [6.07, 6.45) is 9.32. The maximum Gasteiger partial charge on any atom is 0.328 e. The summed E-state index contributed by atoms with van der Waals surface area (Å²) in [5, 5.41) is 14.9. The van der Waals surface area contributed by atoms with Crippen molar-refractivity contribution in [3.8, 4) is 40.1 Å². The van der Waals surface area contributed by atoms with Crippen LogP contribution in [0.4, 0.5) is 0 Å². The molecule has 4 heterocycles. The highest BCUT2D eigenvalue weighted by molar-refractivity contribution is 6.85. The lowest BCUT2D eigenvalue weighted by molar-refractivity contribution is 0.233. The first-order valence-electron chi connectivity index (χ1n) is 31.6. The molecule has 10 nitrogen and oxygen atoms in total. The molecule has 4 aromatic heterocycles. The number of hydrogen-bond donors (Lipinski definition) is 0. The second-order valence-electron chi connectivity index (χ2n) is 23.5. The van der Waals surface area contributed by atoms with Crippen LogP contribution in [-0.4, -0.2) is 45.8 Å². The van der Waals surface area contributed by atoms with Gasteiger partial charge < -0.3 is 27.3 Å². The molecule has 0 N–H and O–H groups in total. The standard InChI is InChI=1S/C78H72B2N6O4/c1-8-12-28-55(10-3)51-87-63-40-26-30-57(48-63)73-70-71(76(72(82-7)78-84-67-47-54(6)43-45-69(67)90-78)86(73)80(61-36-22-16-23-37-61)62-38-24-17-25-39-62)74(58-31-27-41-64(49-58)88-52-56(11-4)29-13-9-2)85(79(59-32-18-14-19-33-59)60-34-20-15-21-35-60)75(70)65(50-81)77-83-66-46-53(5)42-44-68(66)89-77/h11,14-27,30-49,55-56H,4,8-10,12-13,28-29,51-52H2,1-3,5-6H3/b75-65-,76-72+. The molecular weight excluding hydrogens is 1110 g/mol. The lowest BCUT2D eigenvalue weighted by Crippen LogP contribution is -2.54. The number of fused-ring (bicyclic) bond motifs is 3. The molecule has 90 heavy (non-hydrogen) atoms. The minimum Gasteiger partial charge on any atom is -0.493 e. The van der Waals surface area contributed by atoms with E-state index in [2.05, 4.69) is 169 Å². The van der Waals surface area contributed by atoms with Gasteiger partial charge in [-0.1, -0.05) is 239 Å². The predicted molar refractivity (Wildman–Crippen MR) is 369 cm³/mol. The van der Waals surface area contributed by atoms with Crippen LogP contribution in [0.25, 0.3) is 71.6 Å². The summed E-state index contributed by atoms with van der Waals surface area (Å²) < 4.78 is 32.2. The lowest BCUT2D eigenvalue weighted by atomic mass is 9.50. The minimum absolute atomic E-state index is 0.125. The van der Waals surface area contributed by atoms with Crippen molar-refractivity contribution in [2.24, 2.45) is 11.8 Å². The van der Waals surface area contributed by atoms with Crippen LogP contribution in [0.15, 0.2) is 228 Å². The summed E-state index contributed by atoms with van der Waals surface area (Å²) in [5.74, 6) is 2.12. The second-order valence-corrected chi connectivity index (χ2v) is 23.5. The van der Waals surface area contributed by atoms with E-state index >= 15 is 0 Å². The Labute approximate surface area is 528 Å². The molecular formula is C78H72B2N6O4. The number of aromatic nitrogens is 4. The van der Waals surface area contributed by atoms with Crippen LogP contribution >= 0.6 is 0 Å². The van der Waals surface area contributed by atoms with Crippen LogP contribution in [0.1, 0.15) is 88.6 Å². The zero-order chi connectivity index (χ0) is 62.1. The number of oxazole rings is 2. The van der Waals surface area contributed by atoms with Gasteiger partial charge in [-0.15, -0.1) is 6.58 Å². The van der Waals surface area contributed by atoms with Crippen LogP contribution in [0.5, 0.6) is 11.5 Å². The summed E-state index contributed by atoms with van der Waals surface area (Å²) in [6, 6.07) is 72.8. The summed E-state index contributed by atoms with van der Waals surface area (Å²) >= 11 is 0. The van der Waals surface area contributed by atoms with Crippen LogP contribution < -0.4 is 42.0 Å². The number of nitriles is 1. The van der Waals surface area contributed by atoms with Gasteiger partial charge in [-0.2, -0.15) is 5.26 Å². The van der Waals surface area contributed by atoms with Crippen molar-refractivity contribution in [2.45, 2.75) is 79.6 Å². The Bertz CT molecular complexity index is 4550. The van der Waals surface area contributed by atoms with Gasteiger partial charge in [-0.05, 0) is 92.3 Å². The summed E-state index contributed by atoms with van der Waals surface area (Å²) in [4.78, 5) is 15.1. The Kier molecular flexibility index (Phi) is 18.3. The highest BCUT2D eigenvalue weighted by Gasteiger charge is 2.38. The molecule has 0 fully saturated rings. The molecule has 0 aliphatic carbocycles. The van der Waals surface area contributed by atoms with Crippen molar-refractivity contribution in [3.63, 3.8) is 0 Å². The van der Waals surface area contributed by atoms with Crippen molar-refractivity contribution in [1.29, 1.82) is 5.26 Å². The molecule has 0 aliphatic heterocycles. The SMILES string of the molecule is [C-]#[N+]/C(c1nc2cc(C)ccc2o1)=c1\c2c(-c3cccc(OCC(C=C)CCCC)c3)n(B(c3ccccc3)c3ccccc3)/c(=C(/C#N)c3nc4cc(C)ccc4o3)c2c(-c2cccc(OCC(CC)CCCC)c2)n1B(c1ccccc1)c1ccccc1. The normalized spacial score (nSPS) is 12.7. The van der Waals surface area contributed by atoms with Crippen molar-refractivity contribution < 1.29 is 18.3 Å². The maximum atomic E-state index is 12.5. The molecule has 0 aliphatic rings. The van der Waals surface area contributed by atoms with E-state index in [1.54, 1.807) is 0 Å². The Morgan fingerprint density at radius 3 is 1.50 bits per heavy atom. The van der Waals surface area contributed by atoms with E-state index in [0.717, 1.165) is 89.1 Å². The second kappa shape index (κ2) is 27.4. The average Bonchev–Trinajstić information content (AvgIpc) is 1.52. The minimum atomic E-state index is -0.621. The maximum absolute atomic E-state index is 12.5. The number of benzene rings is 8. The van der Waals surface area contributed by atoms with Crippen LogP contribution in [0.2, 0.25) is 0 Å². The molecule has 444 valence electrons. The van der Waals surface area contributed by atoms with Gasteiger partial charge in [-0.25, -0.2) is 14.8 Å². The molecule has 0 spiro atoms. The van der Waals surface area contributed by atoms with Crippen LogP contribution in [0.3, 0.4) is 0 Å². The Hall–Kier alpha value is -10.3. The van der Waals surface area contributed by atoms with Gasteiger partial charge in [0.25, 0.3) is 5.70 Å². The predicted octanol–water partition coefficient (Wildman–Crippen LogP) is 14.7. The zero-order valence-corrected chi connectivity index (χ0v) is 51.9. The fourth-order valence-corrected chi connectivity index (χ4v) is 12.7. The number of hydrogen-bond acceptors (Lipinski definition) is 7. The summed E-state index contributed by atoms with van der Waals surface area (Å²) in [7, 11) is 0. The van der Waals surface area contributed by atoms with E-state index in [1.165, 1.54) is 0 Å². The molecule has 0 radical (unpaired) electrons. The Balaban J connectivity index is 1.38. The van der Waals surface area contributed by atoms with E-state index in [-0.39, 0.29) is 29.0 Å². The van der Waals surface area contributed by atoms with Gasteiger partial charge in [0.2, 0.25) is 11.8 Å². The van der Waals surface area contributed by atoms with E-state index in [9.17, 15) is 11.8 Å². The third-order valence-electron chi connectivity index (χ3n) is 17.3. The fourth-order valence-electron chi connectivity index (χ4n) is 12.7. The van der Waals surface area contributed by atoms with E-state index in [1.807, 2.05) is 105 Å². The first-order chi connectivity index (χ1) is 44.2. The van der Waals surface area contributed by atoms with Gasteiger partial charge in [0, 0.05) is 39.2 Å². The number of rotatable bonds is 24. The molecule has 0 saturated heterocycles. The molecule has 0 amide bonds. The topological polar surface area (TPSA) is 109 Å². The van der Waals surface area contributed by atoms with E-state index in [4.69, 9.17) is 28.3 Å². The largest absolute Gasteiger partial charge is 0.493 e. The van der Waals surface area contributed by atoms with E-state index in [0.29, 0.717) is 85.7 Å². The highest BCUT2D eigenvalue weighted by atomic mass is 16.5. The third-order valence-corrected chi connectivity index (χ3v) is 17.3. The molecule has 8 aromatic carbocycles. The first-order valence-corrected chi connectivity index (χ1v) is 31.6. The molecule has 12 aromatic rings. The average molecular weight is 1180 g/mol. The van der Waals surface area contributed by atoms with Crippen molar-refractivity contribution in [3.05, 3.63) is 264 Å². The van der Waals surface area contributed by atoms with Crippen LogP contribution in [0, 0.1) is 43.6 Å². The van der Waals surface area contributed by atoms with Crippen molar-refractivity contribution >= 4 is 79.8 Å². The monoisotopic (exact) mass is 1180 g/mol. The molecule has 0 saturated carbocycles. The summed E-state index contributed by atoms with van der Waals surface area (Å²) in [5.41, 5.74) is 11.4. The fraction of sp³-hybridized carbons (Fsp3) is 0.205. The first kappa shape index (κ1) is 60.0. The zero-order valence-electron chi connectivity index (χ0n) is 51.9. The highest BCUT2D eigenvalue weighted by Crippen LogP contribution is 2.39. The van der Waals surface area contributed by atoms with Gasteiger partial charge in [0.1, 0.15) is 34.2 Å². The molecule has 12 heteroatoms.